The molecule has 2 N–H and O–H groups in total. The van der Waals surface area contributed by atoms with Crippen molar-refractivity contribution in [3.63, 3.8) is 0 Å². The van der Waals surface area contributed by atoms with Crippen molar-refractivity contribution in [1.82, 2.24) is 0 Å². The van der Waals surface area contributed by atoms with Crippen LogP contribution in [0.25, 0.3) is 19.5 Å². The van der Waals surface area contributed by atoms with E-state index in [0.717, 1.165) is 4.88 Å². The number of nitrogens with two attached hydrogens (primary N) is 1. The average Bonchev–Trinajstić information content (AvgIpc) is 3.10. The molecule has 3 aromatic heterocycles. The minimum atomic E-state index is -0.360. The van der Waals surface area contributed by atoms with Crippen LogP contribution in [0.15, 0.2) is 41.8 Å². The number of rotatable bonds is 3. The summed E-state index contributed by atoms with van der Waals surface area (Å²) < 4.78 is 0. The lowest BCUT2D eigenvalue weighted by molar-refractivity contribution is 0.100. The van der Waals surface area contributed by atoms with Gasteiger partial charge in [0.05, 0.1) is 4.88 Å². The maximum atomic E-state index is 11.1. The van der Waals surface area contributed by atoms with Crippen LogP contribution in [-0.2, 0) is 0 Å². The smallest absolute Gasteiger partial charge is 0.258 e. The zero-order valence-corrected chi connectivity index (χ0v) is 11.7. The number of hydrogen-bond acceptors (Lipinski definition) is 4. The van der Waals surface area contributed by atoms with E-state index in [0.29, 0.717) is 4.88 Å². The molecule has 0 unspecified atom stereocenters. The molecule has 90 valence electrons. The molecule has 0 aromatic carbocycles. The quantitative estimate of drug-likeness (QED) is 0.768. The van der Waals surface area contributed by atoms with Crippen molar-refractivity contribution in [1.29, 1.82) is 0 Å². The minimum Gasteiger partial charge on any atom is -0.365 e. The Kier molecular flexibility index (Phi) is 3.03. The second-order valence-electron chi connectivity index (χ2n) is 3.67. The zero-order valence-electron chi connectivity index (χ0n) is 9.25. The molecule has 0 fully saturated rings. The lowest BCUT2D eigenvalue weighted by atomic mass is 10.3. The van der Waals surface area contributed by atoms with E-state index in [1.165, 1.54) is 26.0 Å². The van der Waals surface area contributed by atoms with Gasteiger partial charge in [0.2, 0.25) is 0 Å². The Morgan fingerprint density at radius 2 is 1.56 bits per heavy atom. The molecule has 0 aliphatic rings. The summed E-state index contributed by atoms with van der Waals surface area (Å²) in [5.41, 5.74) is 5.26. The molecule has 0 bridgehead atoms. The van der Waals surface area contributed by atoms with Gasteiger partial charge in [-0.05, 0) is 35.7 Å². The third-order valence-electron chi connectivity index (χ3n) is 2.46. The van der Waals surface area contributed by atoms with Crippen LogP contribution in [-0.4, -0.2) is 5.91 Å². The van der Waals surface area contributed by atoms with E-state index in [9.17, 15) is 4.79 Å². The minimum absolute atomic E-state index is 0.360. The molecular formula is C13H9NOS3. The monoisotopic (exact) mass is 291 g/mol. The molecule has 0 saturated carbocycles. The maximum Gasteiger partial charge on any atom is 0.258 e. The normalized spacial score (nSPS) is 10.7. The highest BCUT2D eigenvalue weighted by molar-refractivity contribution is 7.26. The van der Waals surface area contributed by atoms with Gasteiger partial charge in [0.15, 0.2) is 0 Å². The van der Waals surface area contributed by atoms with Crippen LogP contribution in [0.1, 0.15) is 9.67 Å². The Labute approximate surface area is 116 Å². The van der Waals surface area contributed by atoms with E-state index >= 15 is 0 Å². The largest absolute Gasteiger partial charge is 0.365 e. The van der Waals surface area contributed by atoms with Crippen molar-refractivity contribution in [2.24, 2.45) is 5.73 Å². The standard InChI is InChI=1S/C13H9NOS3/c14-13(15)12-6-5-11(18-12)10-4-3-9(17-10)8-2-1-7-16-8/h1-7H,(H2,14,15). The Bertz CT molecular complexity index is 679. The van der Waals surface area contributed by atoms with E-state index in [4.69, 9.17) is 5.73 Å². The third-order valence-corrected chi connectivity index (χ3v) is 5.91. The summed E-state index contributed by atoms with van der Waals surface area (Å²) in [4.78, 5) is 16.5. The van der Waals surface area contributed by atoms with Crippen molar-refractivity contribution >= 4 is 39.9 Å². The first kappa shape index (κ1) is 11.6. The predicted octanol–water partition coefficient (Wildman–Crippen LogP) is 4.30. The molecule has 18 heavy (non-hydrogen) atoms. The Hall–Kier alpha value is -1.43. The van der Waals surface area contributed by atoms with E-state index in [2.05, 4.69) is 29.6 Å². The van der Waals surface area contributed by atoms with Gasteiger partial charge in [-0.25, -0.2) is 0 Å². The van der Waals surface area contributed by atoms with Crippen LogP contribution in [0.3, 0.4) is 0 Å². The summed E-state index contributed by atoms with van der Waals surface area (Å²) in [6, 6.07) is 12.1. The maximum absolute atomic E-state index is 11.1. The van der Waals surface area contributed by atoms with Gasteiger partial charge in [-0.1, -0.05) is 6.07 Å². The summed E-state index contributed by atoms with van der Waals surface area (Å²) in [6.07, 6.45) is 0. The molecule has 0 aliphatic carbocycles. The van der Waals surface area contributed by atoms with Gasteiger partial charge in [-0.15, -0.1) is 34.0 Å². The lowest BCUT2D eigenvalue weighted by Gasteiger charge is -1.90. The van der Waals surface area contributed by atoms with Crippen molar-refractivity contribution < 1.29 is 4.79 Å². The first-order valence-corrected chi connectivity index (χ1v) is 7.79. The Balaban J connectivity index is 1.95. The van der Waals surface area contributed by atoms with E-state index in [1.54, 1.807) is 28.7 Å². The molecule has 0 radical (unpaired) electrons. The average molecular weight is 291 g/mol. The van der Waals surface area contributed by atoms with Gasteiger partial charge in [0, 0.05) is 19.5 Å². The molecular weight excluding hydrogens is 282 g/mol. The van der Waals surface area contributed by atoms with Crippen molar-refractivity contribution in [2.75, 3.05) is 0 Å². The summed E-state index contributed by atoms with van der Waals surface area (Å²) in [5, 5.41) is 2.07. The topological polar surface area (TPSA) is 43.1 Å². The van der Waals surface area contributed by atoms with E-state index in [1.807, 2.05) is 6.07 Å². The second-order valence-corrected chi connectivity index (χ2v) is 6.78. The SMILES string of the molecule is NC(=O)c1ccc(-c2ccc(-c3cccs3)s2)s1. The Morgan fingerprint density at radius 1 is 0.889 bits per heavy atom. The molecule has 1 amide bonds. The van der Waals surface area contributed by atoms with Crippen LogP contribution in [0.2, 0.25) is 0 Å². The fourth-order valence-electron chi connectivity index (χ4n) is 1.62. The van der Waals surface area contributed by atoms with Crippen LogP contribution in [0, 0.1) is 0 Å². The molecule has 0 atom stereocenters. The van der Waals surface area contributed by atoms with Crippen LogP contribution >= 0.6 is 34.0 Å². The first-order valence-electron chi connectivity index (χ1n) is 5.28. The molecule has 0 spiro atoms. The molecule has 3 aromatic rings. The molecule has 0 aliphatic heterocycles. The van der Waals surface area contributed by atoms with Crippen molar-refractivity contribution in [3.05, 3.63) is 46.7 Å². The van der Waals surface area contributed by atoms with Gasteiger partial charge in [-0.2, -0.15) is 0 Å². The molecule has 3 rings (SSSR count). The zero-order chi connectivity index (χ0) is 12.5. The molecule has 2 nitrogen and oxygen atoms in total. The molecule has 5 heteroatoms. The van der Waals surface area contributed by atoms with Crippen molar-refractivity contribution in [2.45, 2.75) is 0 Å². The summed E-state index contributed by atoms with van der Waals surface area (Å²) in [7, 11) is 0. The van der Waals surface area contributed by atoms with Gasteiger partial charge in [0.1, 0.15) is 0 Å². The van der Waals surface area contributed by atoms with Crippen LogP contribution < -0.4 is 5.73 Å². The number of thiophene rings is 3. The number of amides is 1. The second kappa shape index (κ2) is 4.68. The molecule has 3 heterocycles. The highest BCUT2D eigenvalue weighted by Gasteiger charge is 2.10. The predicted molar refractivity (Wildman–Crippen MR) is 79.5 cm³/mol. The number of carbonyl (C=O) groups excluding carboxylic acids is 1. The number of carbonyl (C=O) groups is 1. The van der Waals surface area contributed by atoms with Gasteiger partial charge in [-0.3, -0.25) is 4.79 Å². The Morgan fingerprint density at radius 3 is 2.17 bits per heavy atom. The third kappa shape index (κ3) is 2.12. The first-order chi connectivity index (χ1) is 8.74. The number of primary amides is 1. The van der Waals surface area contributed by atoms with Gasteiger partial charge >= 0.3 is 0 Å². The fourth-order valence-corrected chi connectivity index (χ4v) is 4.41. The highest BCUT2D eigenvalue weighted by Crippen LogP contribution is 2.38. The van der Waals surface area contributed by atoms with Crippen LogP contribution in [0.4, 0.5) is 0 Å². The lowest BCUT2D eigenvalue weighted by Crippen LogP contribution is -2.07. The summed E-state index contributed by atoms with van der Waals surface area (Å²) in [5.74, 6) is -0.360. The van der Waals surface area contributed by atoms with E-state index in [-0.39, 0.29) is 5.91 Å². The van der Waals surface area contributed by atoms with E-state index < -0.39 is 0 Å². The van der Waals surface area contributed by atoms with Crippen LogP contribution in [0.5, 0.6) is 0 Å². The van der Waals surface area contributed by atoms with Crippen molar-refractivity contribution in [3.8, 4) is 19.5 Å². The molecule has 0 saturated heterocycles. The fraction of sp³-hybridized carbons (Fsp3) is 0. The van der Waals surface area contributed by atoms with Gasteiger partial charge in [0.25, 0.3) is 5.91 Å². The summed E-state index contributed by atoms with van der Waals surface area (Å²) in [6.45, 7) is 0. The summed E-state index contributed by atoms with van der Waals surface area (Å²) >= 11 is 4.92. The highest BCUT2D eigenvalue weighted by atomic mass is 32.1. The van der Waals surface area contributed by atoms with Gasteiger partial charge < -0.3 is 5.73 Å². The number of hydrogen-bond donors (Lipinski definition) is 1.